The van der Waals surface area contributed by atoms with Gasteiger partial charge < -0.3 is 20.1 Å². The summed E-state index contributed by atoms with van der Waals surface area (Å²) < 4.78 is 44.1. The average molecular weight is 541 g/mol. The molecule has 3 aromatic carbocycles. The van der Waals surface area contributed by atoms with Crippen LogP contribution in [0.15, 0.2) is 72.8 Å². The van der Waals surface area contributed by atoms with Gasteiger partial charge in [0.05, 0.1) is 18.2 Å². The van der Waals surface area contributed by atoms with Crippen molar-refractivity contribution in [2.75, 3.05) is 18.5 Å². The first-order chi connectivity index (χ1) is 18.3. The molecule has 1 saturated heterocycles. The highest BCUT2D eigenvalue weighted by atomic mass is 19.4. The maximum Gasteiger partial charge on any atom is 0.416 e. The molecule has 0 radical (unpaired) electrons. The summed E-state index contributed by atoms with van der Waals surface area (Å²) in [6, 6.07) is 17.9. The van der Waals surface area contributed by atoms with Gasteiger partial charge in [-0.3, -0.25) is 9.59 Å². The number of halogens is 3. The van der Waals surface area contributed by atoms with E-state index in [1.54, 1.807) is 36.4 Å². The number of anilines is 1. The number of rotatable bonds is 6. The monoisotopic (exact) mass is 540 g/mol. The van der Waals surface area contributed by atoms with Gasteiger partial charge in [0, 0.05) is 17.8 Å². The number of aliphatic hydroxyl groups is 1. The van der Waals surface area contributed by atoms with E-state index in [2.05, 4.69) is 26.1 Å². The van der Waals surface area contributed by atoms with Crippen LogP contribution in [-0.4, -0.2) is 41.1 Å². The zero-order chi connectivity index (χ0) is 28.4. The van der Waals surface area contributed by atoms with Gasteiger partial charge in [-0.1, -0.05) is 57.2 Å². The minimum absolute atomic E-state index is 0.0209. The lowest BCUT2D eigenvalue weighted by atomic mass is 9.87. The molecule has 39 heavy (non-hydrogen) atoms. The quantitative estimate of drug-likeness (QED) is 0.420. The molecule has 2 unspecified atom stereocenters. The van der Waals surface area contributed by atoms with Crippen molar-refractivity contribution in [1.29, 1.82) is 0 Å². The summed E-state index contributed by atoms with van der Waals surface area (Å²) >= 11 is 0. The lowest BCUT2D eigenvalue weighted by molar-refractivity contribution is -0.155. The number of hydrogen-bond acceptors (Lipinski definition) is 4. The Morgan fingerprint density at radius 2 is 1.56 bits per heavy atom. The maximum atomic E-state index is 12.9. The normalized spacial score (nSPS) is 17.2. The molecule has 3 aromatic rings. The Balaban J connectivity index is 1.43. The van der Waals surface area contributed by atoms with Gasteiger partial charge in [0.25, 0.3) is 5.91 Å². The molecule has 1 aliphatic rings. The second-order valence-electron chi connectivity index (χ2n) is 10.6. The molecule has 1 aliphatic heterocycles. The van der Waals surface area contributed by atoms with Gasteiger partial charge in [0.2, 0.25) is 5.91 Å². The Labute approximate surface area is 225 Å². The van der Waals surface area contributed by atoms with Crippen molar-refractivity contribution < 1.29 is 32.6 Å². The summed E-state index contributed by atoms with van der Waals surface area (Å²) in [5.74, 6) is -0.635. The molecule has 0 saturated carbocycles. The van der Waals surface area contributed by atoms with Crippen LogP contribution in [0, 0.1) is 0 Å². The Kier molecular flexibility index (Phi) is 8.13. The minimum atomic E-state index is -4.45. The van der Waals surface area contributed by atoms with E-state index in [0.29, 0.717) is 22.4 Å². The van der Waals surface area contributed by atoms with E-state index in [1.807, 2.05) is 12.1 Å². The molecule has 2 amide bonds. The zero-order valence-electron chi connectivity index (χ0n) is 22.0. The van der Waals surface area contributed by atoms with Crippen molar-refractivity contribution in [1.82, 2.24) is 4.90 Å². The van der Waals surface area contributed by atoms with Gasteiger partial charge in [-0.15, -0.1) is 0 Å². The van der Waals surface area contributed by atoms with E-state index in [1.165, 1.54) is 17.0 Å². The predicted octanol–water partition coefficient (Wildman–Crippen LogP) is 5.72. The molecule has 1 fully saturated rings. The van der Waals surface area contributed by atoms with Crippen LogP contribution in [0.2, 0.25) is 0 Å². The zero-order valence-corrected chi connectivity index (χ0v) is 22.0. The molecule has 0 spiro atoms. The second-order valence-corrected chi connectivity index (χ2v) is 10.6. The molecular weight excluding hydrogens is 509 g/mol. The number of amides is 2. The van der Waals surface area contributed by atoms with Crippen LogP contribution in [0.5, 0.6) is 0 Å². The van der Waals surface area contributed by atoms with Crippen LogP contribution in [-0.2, 0) is 27.7 Å². The third-order valence-electron chi connectivity index (χ3n) is 6.76. The summed E-state index contributed by atoms with van der Waals surface area (Å²) in [7, 11) is 0. The fourth-order valence-electron chi connectivity index (χ4n) is 4.40. The van der Waals surface area contributed by atoms with Crippen LogP contribution in [0.25, 0.3) is 0 Å². The standard InChI is InChI=1S/C30H31F3N2O4/c1-29(2,3)22-12-6-21(7-13-22)28(38)34-24-14-8-20(9-15-24)27(37)25-17-39-18-26(36)35(25)16-19-4-10-23(11-5-19)30(31,32)33/h4-15,25,27,37H,16-18H2,1-3H3,(H,34,38). The molecule has 2 N–H and O–H groups in total. The Hall–Kier alpha value is -3.69. The largest absolute Gasteiger partial charge is 0.416 e. The van der Waals surface area contributed by atoms with Crippen molar-refractivity contribution in [3.63, 3.8) is 0 Å². The van der Waals surface area contributed by atoms with Gasteiger partial charge in [-0.2, -0.15) is 13.2 Å². The SMILES string of the molecule is CC(C)(C)c1ccc(C(=O)Nc2ccc(C(O)C3COCC(=O)N3Cc3ccc(C(F)(F)F)cc3)cc2)cc1. The van der Waals surface area contributed by atoms with Crippen molar-refractivity contribution in [3.8, 4) is 0 Å². The summed E-state index contributed by atoms with van der Waals surface area (Å²) in [5.41, 5.74) is 2.39. The van der Waals surface area contributed by atoms with Gasteiger partial charge in [0.15, 0.2) is 0 Å². The van der Waals surface area contributed by atoms with Gasteiger partial charge in [-0.25, -0.2) is 0 Å². The Morgan fingerprint density at radius 3 is 2.13 bits per heavy atom. The number of nitrogens with one attached hydrogen (secondary N) is 1. The molecule has 6 nitrogen and oxygen atoms in total. The first-order valence-electron chi connectivity index (χ1n) is 12.6. The molecule has 4 rings (SSSR count). The number of ether oxygens (including phenoxy) is 1. The smallest absolute Gasteiger partial charge is 0.386 e. The van der Waals surface area contributed by atoms with Crippen molar-refractivity contribution in [2.24, 2.45) is 0 Å². The van der Waals surface area contributed by atoms with Gasteiger partial charge in [-0.05, 0) is 58.5 Å². The predicted molar refractivity (Wildman–Crippen MR) is 141 cm³/mol. The molecule has 0 aromatic heterocycles. The second kappa shape index (κ2) is 11.2. The van der Waals surface area contributed by atoms with Crippen LogP contribution in [0.4, 0.5) is 18.9 Å². The maximum absolute atomic E-state index is 12.9. The number of nitrogens with zero attached hydrogens (tertiary/aromatic N) is 1. The summed E-state index contributed by atoms with van der Waals surface area (Å²) in [6.45, 7) is 6.22. The van der Waals surface area contributed by atoms with Crippen LogP contribution in [0.1, 0.15) is 59.5 Å². The highest BCUT2D eigenvalue weighted by molar-refractivity contribution is 6.04. The number of morpholine rings is 1. The number of aliphatic hydroxyl groups excluding tert-OH is 1. The molecule has 0 bridgehead atoms. The average Bonchev–Trinajstić information content (AvgIpc) is 2.89. The lowest BCUT2D eigenvalue weighted by Crippen LogP contribution is -2.51. The fraction of sp³-hybridized carbons (Fsp3) is 0.333. The summed E-state index contributed by atoms with van der Waals surface area (Å²) in [5, 5.41) is 13.9. The van der Waals surface area contributed by atoms with Gasteiger partial charge in [0.1, 0.15) is 12.7 Å². The number of hydrogen-bond donors (Lipinski definition) is 2. The molecule has 1 heterocycles. The summed E-state index contributed by atoms with van der Waals surface area (Å²) in [6.07, 6.45) is -5.56. The van der Waals surface area contributed by atoms with E-state index >= 15 is 0 Å². The highest BCUT2D eigenvalue weighted by Gasteiger charge is 2.35. The first-order valence-corrected chi connectivity index (χ1v) is 12.6. The topological polar surface area (TPSA) is 78.9 Å². The number of alkyl halides is 3. The molecular formula is C30H31F3N2O4. The van der Waals surface area contributed by atoms with Crippen LogP contribution >= 0.6 is 0 Å². The van der Waals surface area contributed by atoms with E-state index in [0.717, 1.165) is 17.7 Å². The number of carbonyl (C=O) groups is 2. The van der Waals surface area contributed by atoms with Crippen molar-refractivity contribution >= 4 is 17.5 Å². The van der Waals surface area contributed by atoms with Crippen molar-refractivity contribution in [2.45, 2.75) is 51.1 Å². The third-order valence-corrected chi connectivity index (χ3v) is 6.76. The number of benzene rings is 3. The molecule has 9 heteroatoms. The first kappa shape index (κ1) is 28.3. The number of carbonyl (C=O) groups excluding carboxylic acids is 2. The summed E-state index contributed by atoms with van der Waals surface area (Å²) in [4.78, 5) is 26.7. The minimum Gasteiger partial charge on any atom is -0.386 e. The van der Waals surface area contributed by atoms with E-state index in [-0.39, 0.29) is 37.0 Å². The van der Waals surface area contributed by atoms with E-state index in [9.17, 15) is 27.9 Å². The van der Waals surface area contributed by atoms with Crippen molar-refractivity contribution in [3.05, 3.63) is 101 Å². The van der Waals surface area contributed by atoms with E-state index in [4.69, 9.17) is 4.74 Å². The Morgan fingerprint density at radius 1 is 0.974 bits per heavy atom. The molecule has 2 atom stereocenters. The van der Waals surface area contributed by atoms with E-state index < -0.39 is 23.9 Å². The third kappa shape index (κ3) is 6.85. The highest BCUT2D eigenvalue weighted by Crippen LogP contribution is 2.31. The van der Waals surface area contributed by atoms with Crippen LogP contribution < -0.4 is 5.32 Å². The van der Waals surface area contributed by atoms with Crippen LogP contribution in [0.3, 0.4) is 0 Å². The lowest BCUT2D eigenvalue weighted by Gasteiger charge is -2.38. The van der Waals surface area contributed by atoms with Gasteiger partial charge >= 0.3 is 6.18 Å². The fourth-order valence-corrected chi connectivity index (χ4v) is 4.40. The Bertz CT molecular complexity index is 1300. The molecule has 206 valence electrons. The molecule has 0 aliphatic carbocycles.